The lowest BCUT2D eigenvalue weighted by molar-refractivity contribution is -0.161. The number of esters is 3. The normalized spacial score (nSPS) is 13.5. The second-order valence-corrected chi connectivity index (χ2v) is 22.3. The minimum absolute atomic E-state index is 0.157. The highest BCUT2D eigenvalue weighted by Gasteiger charge is 2.28. The summed E-state index contributed by atoms with van der Waals surface area (Å²) in [6.07, 6.45) is 59.5. The van der Waals surface area contributed by atoms with Gasteiger partial charge in [-0.2, -0.15) is 0 Å². The van der Waals surface area contributed by atoms with E-state index in [2.05, 4.69) is 57.2 Å². The number of aliphatic hydroxyl groups is 1. The number of hydrogen-bond donors (Lipinski definition) is 2. The number of phosphoric ester groups is 1. The lowest BCUT2D eigenvalue weighted by Gasteiger charge is -2.21. The van der Waals surface area contributed by atoms with Crippen LogP contribution in [-0.2, 0) is 42.2 Å². The summed E-state index contributed by atoms with van der Waals surface area (Å²) >= 11 is 0. The maximum Gasteiger partial charge on any atom is 0.472 e. The highest BCUT2D eigenvalue weighted by atomic mass is 31.2. The summed E-state index contributed by atoms with van der Waals surface area (Å²) in [6.45, 7) is 4.65. The third-order valence-corrected chi connectivity index (χ3v) is 14.5. The van der Waals surface area contributed by atoms with Crippen LogP contribution in [0.2, 0.25) is 0 Å². The van der Waals surface area contributed by atoms with E-state index in [-0.39, 0.29) is 25.9 Å². The summed E-state index contributed by atoms with van der Waals surface area (Å²) < 4.78 is 39.6. The smallest absolute Gasteiger partial charge is 0.462 e. The van der Waals surface area contributed by atoms with Crippen LogP contribution < -0.4 is 0 Å². The Labute approximate surface area is 454 Å². The van der Waals surface area contributed by atoms with E-state index >= 15 is 0 Å². The largest absolute Gasteiger partial charge is 0.472 e. The molecule has 0 aliphatic heterocycles. The number of ether oxygens (including phenoxy) is 3. The summed E-state index contributed by atoms with van der Waals surface area (Å²) in [5.41, 5.74) is 0. The van der Waals surface area contributed by atoms with Crippen molar-refractivity contribution < 1.29 is 52.2 Å². The Kier molecular flexibility index (Phi) is 55.1. The Morgan fingerprint density at radius 3 is 1.04 bits per heavy atom. The van der Waals surface area contributed by atoms with Gasteiger partial charge in [0.25, 0.3) is 0 Å². The number of aliphatic hydroxyl groups excluding tert-OH is 1. The van der Waals surface area contributed by atoms with Crippen LogP contribution in [0.4, 0.5) is 0 Å². The van der Waals surface area contributed by atoms with Crippen LogP contribution >= 0.6 is 7.82 Å². The molecule has 0 spiro atoms. The van der Waals surface area contributed by atoms with Crippen molar-refractivity contribution in [3.8, 4) is 0 Å². The molecule has 0 bridgehead atoms. The number of hydrogen-bond acceptors (Lipinski definition) is 10. The standard InChI is InChI=1S/C62H115O11P/c1-4-7-10-13-16-19-22-24-26-28-29-31-33-35-38-41-44-47-50-53-62(66)73-59(55-69-60(64)51-48-45-42-39-37-34-32-30-27-25-23-20-17-14-11-8-5-2)57-71-74(67,68)70-56-58(54-63)72-61(65)52-49-46-43-40-36-21-18-15-12-9-6-3/h16,19,24,26,29,31,58-59,63H,4-15,17-18,20-23,25,27-28,30,32-57H2,1-3H3,(H,67,68)/b19-16-,26-24-,31-29-. The minimum atomic E-state index is -4.75. The molecule has 0 radical (unpaired) electrons. The number of carbonyl (C=O) groups excluding carboxylic acids is 3. The van der Waals surface area contributed by atoms with Gasteiger partial charge in [-0.25, -0.2) is 4.57 Å². The monoisotopic (exact) mass is 1070 g/mol. The van der Waals surface area contributed by atoms with Crippen molar-refractivity contribution >= 4 is 25.7 Å². The average Bonchev–Trinajstić information content (AvgIpc) is 3.39. The first-order valence-electron chi connectivity index (χ1n) is 30.9. The molecule has 3 atom stereocenters. The summed E-state index contributed by atoms with van der Waals surface area (Å²) in [6, 6.07) is 0. The molecule has 0 saturated carbocycles. The molecule has 74 heavy (non-hydrogen) atoms. The number of carbonyl (C=O) groups is 3. The fourth-order valence-electron chi connectivity index (χ4n) is 8.84. The first kappa shape index (κ1) is 71.7. The molecule has 0 aromatic carbocycles. The van der Waals surface area contributed by atoms with Crippen molar-refractivity contribution in [2.75, 3.05) is 26.4 Å². The van der Waals surface area contributed by atoms with Crippen LogP contribution in [0.5, 0.6) is 0 Å². The van der Waals surface area contributed by atoms with E-state index in [1.54, 1.807) is 0 Å². The van der Waals surface area contributed by atoms with Gasteiger partial charge in [-0.15, -0.1) is 0 Å². The van der Waals surface area contributed by atoms with Gasteiger partial charge in [-0.05, 0) is 57.8 Å². The summed E-state index contributed by atoms with van der Waals surface area (Å²) in [5, 5.41) is 9.81. The van der Waals surface area contributed by atoms with Gasteiger partial charge in [0, 0.05) is 19.3 Å². The van der Waals surface area contributed by atoms with Gasteiger partial charge < -0.3 is 24.2 Å². The van der Waals surface area contributed by atoms with Crippen molar-refractivity contribution in [3.63, 3.8) is 0 Å². The number of allylic oxidation sites excluding steroid dienone is 6. The maximum absolute atomic E-state index is 12.9. The molecule has 0 rings (SSSR count). The Bertz CT molecular complexity index is 1380. The van der Waals surface area contributed by atoms with E-state index in [4.69, 9.17) is 23.3 Å². The molecule has 0 aliphatic rings. The SMILES string of the molecule is CCCCC/C=C\C/C=C\C/C=C\CCCCCCCCC(=O)OC(COC(=O)CCCCCCCCCCCCCCCCCCC)COP(=O)(O)OCC(CO)OC(=O)CCCCCCCCCCCCC. The fraction of sp³-hybridized carbons (Fsp3) is 0.855. The highest BCUT2D eigenvalue weighted by Crippen LogP contribution is 2.43. The third-order valence-electron chi connectivity index (χ3n) is 13.6. The van der Waals surface area contributed by atoms with Crippen molar-refractivity contribution in [1.82, 2.24) is 0 Å². The molecule has 0 amide bonds. The molecule has 3 unspecified atom stereocenters. The second kappa shape index (κ2) is 56.9. The number of phosphoric acid groups is 1. The molecule has 434 valence electrons. The predicted molar refractivity (Wildman–Crippen MR) is 307 cm³/mol. The van der Waals surface area contributed by atoms with Crippen LogP contribution in [-0.4, -0.2) is 66.5 Å². The van der Waals surface area contributed by atoms with Gasteiger partial charge in [0.2, 0.25) is 0 Å². The van der Waals surface area contributed by atoms with E-state index < -0.39 is 57.8 Å². The summed E-state index contributed by atoms with van der Waals surface area (Å²) in [7, 11) is -4.75. The number of rotatable bonds is 58. The van der Waals surface area contributed by atoms with Gasteiger partial charge in [-0.3, -0.25) is 23.4 Å². The van der Waals surface area contributed by atoms with Crippen LogP contribution in [0.15, 0.2) is 36.5 Å². The van der Waals surface area contributed by atoms with Gasteiger partial charge in [0.15, 0.2) is 6.10 Å². The lowest BCUT2D eigenvalue weighted by Crippen LogP contribution is -2.30. The summed E-state index contributed by atoms with van der Waals surface area (Å²) in [4.78, 5) is 48.6. The zero-order valence-electron chi connectivity index (χ0n) is 48.1. The third kappa shape index (κ3) is 54.5. The lowest BCUT2D eigenvalue weighted by atomic mass is 10.0. The molecule has 0 aliphatic carbocycles. The molecular weight excluding hydrogens is 952 g/mol. The van der Waals surface area contributed by atoms with E-state index in [0.29, 0.717) is 19.3 Å². The van der Waals surface area contributed by atoms with Crippen LogP contribution in [0.25, 0.3) is 0 Å². The topological polar surface area (TPSA) is 155 Å². The Hall–Kier alpha value is -2.30. The van der Waals surface area contributed by atoms with Gasteiger partial charge in [-0.1, -0.05) is 263 Å². The fourth-order valence-corrected chi connectivity index (χ4v) is 9.62. The quantitative estimate of drug-likeness (QED) is 0.0197. The van der Waals surface area contributed by atoms with Crippen molar-refractivity contribution in [1.29, 1.82) is 0 Å². The molecule has 0 heterocycles. The van der Waals surface area contributed by atoms with Crippen LogP contribution in [0.1, 0.15) is 303 Å². The van der Waals surface area contributed by atoms with E-state index in [9.17, 15) is 28.9 Å². The Morgan fingerprint density at radius 2 is 0.662 bits per heavy atom. The molecule has 0 aromatic heterocycles. The van der Waals surface area contributed by atoms with E-state index in [1.807, 2.05) is 0 Å². The van der Waals surface area contributed by atoms with Crippen LogP contribution in [0, 0.1) is 0 Å². The molecular formula is C62H115O11P. The van der Waals surface area contributed by atoms with Gasteiger partial charge >= 0.3 is 25.7 Å². The van der Waals surface area contributed by atoms with E-state index in [0.717, 1.165) is 89.9 Å². The molecule has 0 fully saturated rings. The first-order chi connectivity index (χ1) is 36.2. The van der Waals surface area contributed by atoms with Gasteiger partial charge in [0.05, 0.1) is 19.8 Å². The van der Waals surface area contributed by atoms with E-state index in [1.165, 1.54) is 154 Å². The number of unbranched alkanes of at least 4 members (excludes halogenated alkanes) is 35. The Morgan fingerprint density at radius 1 is 0.378 bits per heavy atom. The molecule has 2 N–H and O–H groups in total. The van der Waals surface area contributed by atoms with Crippen LogP contribution in [0.3, 0.4) is 0 Å². The predicted octanol–water partition coefficient (Wildman–Crippen LogP) is 18.4. The molecule has 0 saturated heterocycles. The molecule has 12 heteroatoms. The van der Waals surface area contributed by atoms with Crippen molar-refractivity contribution in [3.05, 3.63) is 36.5 Å². The minimum Gasteiger partial charge on any atom is -0.462 e. The Balaban J connectivity index is 4.70. The maximum atomic E-state index is 12.9. The average molecular weight is 1070 g/mol. The summed E-state index contributed by atoms with van der Waals surface area (Å²) in [5.74, 6) is -1.46. The molecule has 11 nitrogen and oxygen atoms in total. The zero-order chi connectivity index (χ0) is 54.1. The highest BCUT2D eigenvalue weighted by molar-refractivity contribution is 7.47. The van der Waals surface area contributed by atoms with Gasteiger partial charge in [0.1, 0.15) is 12.7 Å². The second-order valence-electron chi connectivity index (χ2n) is 20.9. The van der Waals surface area contributed by atoms with Crippen molar-refractivity contribution in [2.24, 2.45) is 0 Å². The first-order valence-corrected chi connectivity index (χ1v) is 32.4. The molecule has 0 aromatic rings. The van der Waals surface area contributed by atoms with Crippen molar-refractivity contribution in [2.45, 2.75) is 315 Å². The zero-order valence-corrected chi connectivity index (χ0v) is 49.0.